The second-order valence-electron chi connectivity index (χ2n) is 5.63. The lowest BCUT2D eigenvalue weighted by Crippen LogP contribution is -2.12. The van der Waals surface area contributed by atoms with E-state index in [1.54, 1.807) is 30.0 Å². The van der Waals surface area contributed by atoms with Gasteiger partial charge in [0.05, 0.1) is 11.2 Å². The lowest BCUT2D eigenvalue weighted by atomic mass is 10.2. The number of hydrogen-bond donors (Lipinski definition) is 1. The van der Waals surface area contributed by atoms with Crippen LogP contribution in [0.5, 0.6) is 0 Å². The van der Waals surface area contributed by atoms with E-state index in [9.17, 15) is 13.2 Å². The Morgan fingerprint density at radius 2 is 1.73 bits per heavy atom. The van der Waals surface area contributed by atoms with Crippen molar-refractivity contribution in [3.05, 3.63) is 78.3 Å². The third kappa shape index (κ3) is 4.56. The van der Waals surface area contributed by atoms with Gasteiger partial charge in [-0.25, -0.2) is 8.42 Å². The second-order valence-corrected chi connectivity index (χ2v) is 8.69. The van der Waals surface area contributed by atoms with Crippen LogP contribution in [0.4, 0.5) is 5.69 Å². The van der Waals surface area contributed by atoms with E-state index in [1.165, 1.54) is 18.4 Å². The Hall–Kier alpha value is -2.51. The fraction of sp³-hybridized carbons (Fsp3) is 0.105. The molecule has 0 aliphatic heterocycles. The lowest BCUT2D eigenvalue weighted by Gasteiger charge is -2.06. The molecule has 0 fully saturated rings. The van der Waals surface area contributed by atoms with Gasteiger partial charge in [-0.15, -0.1) is 11.8 Å². The molecule has 0 radical (unpaired) electrons. The van der Waals surface area contributed by atoms with Crippen LogP contribution in [-0.4, -0.2) is 20.6 Å². The molecule has 7 heteroatoms. The summed E-state index contributed by atoms with van der Waals surface area (Å²) in [4.78, 5) is 13.8. The molecule has 5 nitrogen and oxygen atoms in total. The predicted octanol–water partition coefficient (Wildman–Crippen LogP) is 4.23. The number of furan rings is 1. The minimum atomic E-state index is -3.27. The molecule has 1 amide bonds. The molecule has 1 aromatic heterocycles. The van der Waals surface area contributed by atoms with Gasteiger partial charge < -0.3 is 9.73 Å². The number of hydrogen-bond acceptors (Lipinski definition) is 5. The Morgan fingerprint density at radius 3 is 2.38 bits per heavy atom. The average Bonchev–Trinajstić information content (AvgIpc) is 3.09. The fourth-order valence-corrected chi connectivity index (χ4v) is 3.83. The summed E-state index contributed by atoms with van der Waals surface area (Å²) in [5.74, 6) is 0.488. The monoisotopic (exact) mass is 387 g/mol. The van der Waals surface area contributed by atoms with Gasteiger partial charge in [-0.2, -0.15) is 0 Å². The van der Waals surface area contributed by atoms with E-state index in [-0.39, 0.29) is 16.6 Å². The predicted molar refractivity (Wildman–Crippen MR) is 102 cm³/mol. The van der Waals surface area contributed by atoms with E-state index in [1.807, 2.05) is 30.3 Å². The maximum absolute atomic E-state index is 12.5. The van der Waals surface area contributed by atoms with Gasteiger partial charge in [0.2, 0.25) is 0 Å². The highest BCUT2D eigenvalue weighted by molar-refractivity contribution is 7.98. The average molecular weight is 387 g/mol. The van der Waals surface area contributed by atoms with Crippen molar-refractivity contribution in [2.24, 2.45) is 0 Å². The fourth-order valence-electron chi connectivity index (χ4n) is 2.30. The summed E-state index contributed by atoms with van der Waals surface area (Å²) >= 11 is 1.61. The molecule has 2 aromatic carbocycles. The normalized spacial score (nSPS) is 11.3. The first-order valence-electron chi connectivity index (χ1n) is 7.79. The highest BCUT2D eigenvalue weighted by atomic mass is 32.2. The van der Waals surface area contributed by atoms with Crippen LogP contribution in [0, 0.1) is 0 Å². The summed E-state index contributed by atoms with van der Waals surface area (Å²) in [5, 5.41) is 2.72. The van der Waals surface area contributed by atoms with Crippen molar-refractivity contribution in [3.63, 3.8) is 0 Å². The Balaban J connectivity index is 1.68. The van der Waals surface area contributed by atoms with Crippen LogP contribution in [0.15, 0.2) is 81.1 Å². The Labute approximate surface area is 156 Å². The SMILES string of the molecule is CS(=O)(=O)c1ccc(NC(=O)c2occc2CSc2ccccc2)cc1. The molecule has 3 rings (SSSR count). The molecule has 0 saturated carbocycles. The van der Waals surface area contributed by atoms with Gasteiger partial charge in [0, 0.05) is 28.2 Å². The van der Waals surface area contributed by atoms with E-state index < -0.39 is 9.84 Å². The van der Waals surface area contributed by atoms with Crippen LogP contribution < -0.4 is 5.32 Å². The van der Waals surface area contributed by atoms with Gasteiger partial charge in [-0.3, -0.25) is 4.79 Å². The number of nitrogens with one attached hydrogen (secondary N) is 1. The Kier molecular flexibility index (Phi) is 5.49. The third-order valence-electron chi connectivity index (χ3n) is 3.63. The zero-order valence-electron chi connectivity index (χ0n) is 14.0. The number of thioether (sulfide) groups is 1. The zero-order valence-corrected chi connectivity index (χ0v) is 15.6. The first-order chi connectivity index (χ1) is 12.4. The summed E-state index contributed by atoms with van der Waals surface area (Å²) in [6.45, 7) is 0. The van der Waals surface area contributed by atoms with Crippen molar-refractivity contribution < 1.29 is 17.6 Å². The molecular weight excluding hydrogens is 370 g/mol. The molecule has 1 N–H and O–H groups in total. The number of amides is 1. The molecule has 1 heterocycles. The quantitative estimate of drug-likeness (QED) is 0.641. The molecular formula is C19H17NO4S2. The molecule has 0 atom stereocenters. The van der Waals surface area contributed by atoms with Gasteiger partial charge in [0.15, 0.2) is 15.6 Å². The number of sulfone groups is 1. The second kappa shape index (κ2) is 7.80. The Morgan fingerprint density at radius 1 is 1.04 bits per heavy atom. The molecule has 0 unspecified atom stereocenters. The van der Waals surface area contributed by atoms with Gasteiger partial charge >= 0.3 is 0 Å². The number of rotatable bonds is 6. The van der Waals surface area contributed by atoms with Crippen molar-refractivity contribution >= 4 is 33.2 Å². The van der Waals surface area contributed by atoms with Crippen LogP contribution in [0.1, 0.15) is 16.1 Å². The molecule has 0 saturated heterocycles. The van der Waals surface area contributed by atoms with Crippen molar-refractivity contribution in [3.8, 4) is 0 Å². The van der Waals surface area contributed by atoms with Gasteiger partial charge in [-0.1, -0.05) is 18.2 Å². The minimum absolute atomic E-state index is 0.202. The molecule has 0 bridgehead atoms. The Bertz CT molecular complexity index is 994. The van der Waals surface area contributed by atoms with Crippen LogP contribution >= 0.6 is 11.8 Å². The van der Waals surface area contributed by atoms with E-state index in [2.05, 4.69) is 5.32 Å². The number of carbonyl (C=O) groups excluding carboxylic acids is 1. The minimum Gasteiger partial charge on any atom is -0.459 e. The number of carbonyl (C=O) groups is 1. The summed E-state index contributed by atoms with van der Waals surface area (Å²) in [6.07, 6.45) is 2.63. The number of benzene rings is 2. The molecule has 134 valence electrons. The zero-order chi connectivity index (χ0) is 18.6. The molecule has 3 aromatic rings. The van der Waals surface area contributed by atoms with Crippen molar-refractivity contribution in [1.29, 1.82) is 0 Å². The first-order valence-corrected chi connectivity index (χ1v) is 10.7. The molecule has 0 aliphatic rings. The van der Waals surface area contributed by atoms with E-state index >= 15 is 0 Å². The molecule has 26 heavy (non-hydrogen) atoms. The molecule has 0 spiro atoms. The summed E-state index contributed by atoms with van der Waals surface area (Å²) in [5.41, 5.74) is 1.30. The molecule has 0 aliphatic carbocycles. The van der Waals surface area contributed by atoms with Gasteiger partial charge in [0.25, 0.3) is 5.91 Å². The van der Waals surface area contributed by atoms with Crippen molar-refractivity contribution in [1.82, 2.24) is 0 Å². The van der Waals surface area contributed by atoms with Crippen LogP contribution in [0.2, 0.25) is 0 Å². The van der Waals surface area contributed by atoms with Crippen LogP contribution in [-0.2, 0) is 15.6 Å². The summed E-state index contributed by atoms with van der Waals surface area (Å²) in [6, 6.07) is 17.7. The maximum Gasteiger partial charge on any atom is 0.291 e. The van der Waals surface area contributed by atoms with Crippen LogP contribution in [0.3, 0.4) is 0 Å². The maximum atomic E-state index is 12.5. The smallest absolute Gasteiger partial charge is 0.291 e. The third-order valence-corrected chi connectivity index (χ3v) is 5.82. The van der Waals surface area contributed by atoms with Gasteiger partial charge in [-0.05, 0) is 42.5 Å². The standard InChI is InChI=1S/C19H17NO4S2/c1-26(22,23)17-9-7-15(8-10-17)20-19(21)18-14(11-12-24-18)13-25-16-5-3-2-4-6-16/h2-12H,13H2,1H3,(H,20,21). The number of anilines is 1. The van der Waals surface area contributed by atoms with Crippen molar-refractivity contribution in [2.75, 3.05) is 11.6 Å². The topological polar surface area (TPSA) is 76.4 Å². The highest BCUT2D eigenvalue weighted by Crippen LogP contribution is 2.25. The first kappa shape index (κ1) is 18.3. The summed E-state index contributed by atoms with van der Waals surface area (Å²) in [7, 11) is -3.27. The van der Waals surface area contributed by atoms with Gasteiger partial charge in [0.1, 0.15) is 0 Å². The van der Waals surface area contributed by atoms with Crippen molar-refractivity contribution in [2.45, 2.75) is 15.5 Å². The van der Waals surface area contributed by atoms with E-state index in [4.69, 9.17) is 4.42 Å². The van der Waals surface area contributed by atoms with Crippen LogP contribution in [0.25, 0.3) is 0 Å². The summed E-state index contributed by atoms with van der Waals surface area (Å²) < 4.78 is 28.3. The largest absolute Gasteiger partial charge is 0.459 e. The van der Waals surface area contributed by atoms with E-state index in [0.29, 0.717) is 11.4 Å². The lowest BCUT2D eigenvalue weighted by molar-refractivity contribution is 0.0996. The highest BCUT2D eigenvalue weighted by Gasteiger charge is 2.16. The van der Waals surface area contributed by atoms with E-state index in [0.717, 1.165) is 16.7 Å².